The van der Waals surface area contributed by atoms with Crippen LogP contribution in [0.2, 0.25) is 0 Å². The molecule has 0 radical (unpaired) electrons. The zero-order chi connectivity index (χ0) is 13.9. The Morgan fingerprint density at radius 2 is 1.90 bits per heavy atom. The van der Waals surface area contributed by atoms with Crippen LogP contribution in [0.1, 0.15) is 22.7 Å². The average Bonchev–Trinajstić information content (AvgIpc) is 2.81. The summed E-state index contributed by atoms with van der Waals surface area (Å²) in [7, 11) is 1.68. The zero-order valence-corrected chi connectivity index (χ0v) is 11.5. The molecule has 3 nitrogen and oxygen atoms in total. The summed E-state index contributed by atoms with van der Waals surface area (Å²) in [4.78, 5) is 0. The molecular weight excluding hydrogens is 250 g/mol. The van der Waals surface area contributed by atoms with Crippen LogP contribution in [0.5, 0.6) is 5.75 Å². The first-order valence-electron chi connectivity index (χ1n) is 6.90. The van der Waals surface area contributed by atoms with Gasteiger partial charge in [-0.25, -0.2) is 0 Å². The van der Waals surface area contributed by atoms with Crippen LogP contribution < -0.4 is 10.1 Å². The van der Waals surface area contributed by atoms with Crippen molar-refractivity contribution in [2.45, 2.75) is 25.1 Å². The van der Waals surface area contributed by atoms with Crippen LogP contribution in [-0.4, -0.2) is 18.3 Å². The van der Waals surface area contributed by atoms with Crippen LogP contribution in [-0.2, 0) is 13.0 Å². The molecule has 104 valence electrons. The van der Waals surface area contributed by atoms with Gasteiger partial charge in [0.15, 0.2) is 0 Å². The fourth-order valence-corrected chi connectivity index (χ4v) is 2.89. The lowest BCUT2D eigenvalue weighted by Gasteiger charge is -2.19. The lowest BCUT2D eigenvalue weighted by molar-refractivity contribution is 0.140. The second-order valence-corrected chi connectivity index (χ2v) is 5.14. The molecule has 0 saturated carbocycles. The smallest absolute Gasteiger partial charge is 0.123 e. The number of rotatable bonds is 4. The molecule has 0 saturated heterocycles. The van der Waals surface area contributed by atoms with E-state index < -0.39 is 0 Å². The number of aliphatic hydroxyl groups is 1. The molecule has 2 atom stereocenters. The first-order valence-corrected chi connectivity index (χ1v) is 6.90. The van der Waals surface area contributed by atoms with Crippen molar-refractivity contribution in [3.63, 3.8) is 0 Å². The van der Waals surface area contributed by atoms with E-state index in [4.69, 9.17) is 4.74 Å². The second-order valence-electron chi connectivity index (χ2n) is 5.14. The molecule has 0 fully saturated rings. The van der Waals surface area contributed by atoms with Gasteiger partial charge in [-0.1, -0.05) is 42.5 Å². The van der Waals surface area contributed by atoms with E-state index in [-0.39, 0.29) is 12.1 Å². The van der Waals surface area contributed by atoms with Gasteiger partial charge in [-0.05, 0) is 17.2 Å². The minimum Gasteiger partial charge on any atom is -0.496 e. The van der Waals surface area contributed by atoms with Gasteiger partial charge in [0.1, 0.15) is 5.75 Å². The van der Waals surface area contributed by atoms with E-state index in [2.05, 4.69) is 17.4 Å². The number of para-hydroxylation sites is 1. The Morgan fingerprint density at radius 3 is 2.75 bits per heavy atom. The molecule has 0 aliphatic heterocycles. The Labute approximate surface area is 119 Å². The summed E-state index contributed by atoms with van der Waals surface area (Å²) in [6.45, 7) is 0.681. The Morgan fingerprint density at radius 1 is 1.15 bits per heavy atom. The van der Waals surface area contributed by atoms with Crippen molar-refractivity contribution in [3.05, 3.63) is 65.2 Å². The Hall–Kier alpha value is -1.84. The zero-order valence-electron chi connectivity index (χ0n) is 11.5. The van der Waals surface area contributed by atoms with Gasteiger partial charge >= 0.3 is 0 Å². The van der Waals surface area contributed by atoms with Crippen molar-refractivity contribution in [2.75, 3.05) is 7.11 Å². The third kappa shape index (κ3) is 2.42. The second kappa shape index (κ2) is 5.65. The number of methoxy groups -OCH3 is 1. The van der Waals surface area contributed by atoms with Gasteiger partial charge in [0.25, 0.3) is 0 Å². The predicted molar refractivity (Wildman–Crippen MR) is 78.7 cm³/mol. The van der Waals surface area contributed by atoms with E-state index >= 15 is 0 Å². The van der Waals surface area contributed by atoms with E-state index in [1.165, 1.54) is 11.1 Å². The standard InChI is InChI=1S/C17H19NO2/c1-20-16-9-5-3-7-13(16)11-18-17-14-8-4-2-6-12(14)10-15(17)19/h2-9,15,17-19H,10-11H2,1H3/t15-,17+/m0/s1. The third-order valence-electron chi connectivity index (χ3n) is 3.91. The molecule has 0 heterocycles. The van der Waals surface area contributed by atoms with Crippen LogP contribution in [0.3, 0.4) is 0 Å². The molecule has 0 aromatic heterocycles. The molecule has 0 spiro atoms. The summed E-state index contributed by atoms with van der Waals surface area (Å²) < 4.78 is 5.35. The number of ether oxygens (including phenoxy) is 1. The molecule has 0 unspecified atom stereocenters. The van der Waals surface area contributed by atoms with Gasteiger partial charge in [0, 0.05) is 18.5 Å². The highest BCUT2D eigenvalue weighted by Gasteiger charge is 2.30. The SMILES string of the molecule is COc1ccccc1CN[C@@H]1c2ccccc2C[C@@H]1O. The van der Waals surface area contributed by atoms with Crippen LogP contribution in [0.4, 0.5) is 0 Å². The highest BCUT2D eigenvalue weighted by atomic mass is 16.5. The van der Waals surface area contributed by atoms with Crippen molar-refractivity contribution >= 4 is 0 Å². The quantitative estimate of drug-likeness (QED) is 0.896. The molecule has 3 heteroatoms. The molecule has 2 aromatic carbocycles. The summed E-state index contributed by atoms with van der Waals surface area (Å²) in [5.74, 6) is 0.876. The molecular formula is C17H19NO2. The summed E-state index contributed by atoms with van der Waals surface area (Å²) in [6, 6.07) is 16.2. The maximum atomic E-state index is 10.2. The van der Waals surface area contributed by atoms with E-state index in [1.807, 2.05) is 36.4 Å². The summed E-state index contributed by atoms with van der Waals surface area (Å²) in [6.07, 6.45) is 0.363. The molecule has 2 N–H and O–H groups in total. The Balaban J connectivity index is 1.76. The van der Waals surface area contributed by atoms with E-state index in [1.54, 1.807) is 7.11 Å². The Kier molecular flexibility index (Phi) is 3.72. The van der Waals surface area contributed by atoms with Crippen LogP contribution in [0, 0.1) is 0 Å². The lowest BCUT2D eigenvalue weighted by Crippen LogP contribution is -2.28. The van der Waals surface area contributed by atoms with Crippen molar-refractivity contribution in [1.82, 2.24) is 5.32 Å². The number of hydrogen-bond donors (Lipinski definition) is 2. The molecule has 3 rings (SSSR count). The van der Waals surface area contributed by atoms with Crippen molar-refractivity contribution in [3.8, 4) is 5.75 Å². The fourth-order valence-electron chi connectivity index (χ4n) is 2.89. The monoisotopic (exact) mass is 269 g/mol. The number of hydrogen-bond acceptors (Lipinski definition) is 3. The molecule has 2 aromatic rings. The normalized spacial score (nSPS) is 20.7. The maximum Gasteiger partial charge on any atom is 0.123 e. The number of aliphatic hydroxyl groups excluding tert-OH is 1. The first-order chi connectivity index (χ1) is 9.79. The number of benzene rings is 2. The molecule has 0 amide bonds. The summed E-state index contributed by atoms with van der Waals surface area (Å²) in [5.41, 5.74) is 3.54. The molecule has 1 aliphatic carbocycles. The van der Waals surface area contributed by atoms with Gasteiger partial charge in [-0.15, -0.1) is 0 Å². The van der Waals surface area contributed by atoms with Crippen molar-refractivity contribution in [2.24, 2.45) is 0 Å². The lowest BCUT2D eigenvalue weighted by atomic mass is 10.1. The number of fused-ring (bicyclic) bond motifs is 1. The Bertz CT molecular complexity index is 597. The molecule has 20 heavy (non-hydrogen) atoms. The van der Waals surface area contributed by atoms with E-state index in [0.29, 0.717) is 6.54 Å². The minimum atomic E-state index is -0.359. The van der Waals surface area contributed by atoms with Crippen LogP contribution >= 0.6 is 0 Å². The number of nitrogens with one attached hydrogen (secondary N) is 1. The maximum absolute atomic E-state index is 10.2. The molecule has 0 bridgehead atoms. The van der Waals surface area contributed by atoms with Gasteiger partial charge in [-0.2, -0.15) is 0 Å². The van der Waals surface area contributed by atoms with Gasteiger partial charge in [-0.3, -0.25) is 0 Å². The van der Waals surface area contributed by atoms with Crippen LogP contribution in [0.15, 0.2) is 48.5 Å². The fraction of sp³-hybridized carbons (Fsp3) is 0.294. The highest BCUT2D eigenvalue weighted by Crippen LogP contribution is 2.31. The first kappa shape index (κ1) is 13.2. The predicted octanol–water partition coefficient (Wildman–Crippen LogP) is 2.44. The highest BCUT2D eigenvalue weighted by molar-refractivity contribution is 5.37. The summed E-state index contributed by atoms with van der Waals surface area (Å²) >= 11 is 0. The largest absolute Gasteiger partial charge is 0.496 e. The third-order valence-corrected chi connectivity index (χ3v) is 3.91. The van der Waals surface area contributed by atoms with Gasteiger partial charge in [0.2, 0.25) is 0 Å². The van der Waals surface area contributed by atoms with Crippen molar-refractivity contribution in [1.29, 1.82) is 0 Å². The topological polar surface area (TPSA) is 41.5 Å². The van der Waals surface area contributed by atoms with Gasteiger partial charge in [0.05, 0.1) is 19.3 Å². The molecule has 1 aliphatic rings. The summed E-state index contributed by atoms with van der Waals surface area (Å²) in [5, 5.41) is 13.7. The average molecular weight is 269 g/mol. The van der Waals surface area contributed by atoms with Gasteiger partial charge < -0.3 is 15.2 Å². The van der Waals surface area contributed by atoms with Crippen molar-refractivity contribution < 1.29 is 9.84 Å². The van der Waals surface area contributed by atoms with Crippen LogP contribution in [0.25, 0.3) is 0 Å². The van der Waals surface area contributed by atoms with E-state index in [9.17, 15) is 5.11 Å². The minimum absolute atomic E-state index is 0.00360. The van der Waals surface area contributed by atoms with E-state index in [0.717, 1.165) is 17.7 Å².